The van der Waals surface area contributed by atoms with Gasteiger partial charge in [0.25, 0.3) is 0 Å². The molecule has 3 rings (SSSR count). The number of hydrogen-bond acceptors (Lipinski definition) is 3. The van der Waals surface area contributed by atoms with E-state index in [-0.39, 0.29) is 0 Å². The van der Waals surface area contributed by atoms with Gasteiger partial charge in [0.1, 0.15) is 13.2 Å². The third kappa shape index (κ3) is 3.19. The third-order valence-electron chi connectivity index (χ3n) is 3.66. The summed E-state index contributed by atoms with van der Waals surface area (Å²) >= 11 is 0. The van der Waals surface area contributed by atoms with Gasteiger partial charge >= 0.3 is 0 Å². The van der Waals surface area contributed by atoms with Crippen molar-refractivity contribution in [3.63, 3.8) is 0 Å². The first-order valence-electron chi connectivity index (χ1n) is 7.26. The van der Waals surface area contributed by atoms with E-state index in [1.165, 1.54) is 11.1 Å². The van der Waals surface area contributed by atoms with Crippen LogP contribution < -0.4 is 9.47 Å². The SMILES string of the molecule is Cc1cc(C)cc(CC(O)c2ccc3c(c2)OCCO3)c1. The Morgan fingerprint density at radius 3 is 2.33 bits per heavy atom. The first-order valence-corrected chi connectivity index (χ1v) is 7.26. The minimum Gasteiger partial charge on any atom is -0.486 e. The molecule has 1 atom stereocenters. The third-order valence-corrected chi connectivity index (χ3v) is 3.66. The first-order chi connectivity index (χ1) is 10.1. The fraction of sp³-hybridized carbons (Fsp3) is 0.333. The van der Waals surface area contributed by atoms with Crippen molar-refractivity contribution < 1.29 is 14.6 Å². The monoisotopic (exact) mass is 284 g/mol. The van der Waals surface area contributed by atoms with E-state index in [9.17, 15) is 5.11 Å². The zero-order valence-electron chi connectivity index (χ0n) is 12.4. The van der Waals surface area contributed by atoms with Crippen LogP contribution in [0, 0.1) is 13.8 Å². The molecule has 0 saturated heterocycles. The Morgan fingerprint density at radius 2 is 1.62 bits per heavy atom. The highest BCUT2D eigenvalue weighted by Gasteiger charge is 2.16. The second-order valence-electron chi connectivity index (χ2n) is 5.62. The van der Waals surface area contributed by atoms with Crippen LogP contribution in [0.2, 0.25) is 0 Å². The molecule has 3 heteroatoms. The number of aliphatic hydroxyl groups excluding tert-OH is 1. The minimum atomic E-state index is -0.540. The molecule has 0 aliphatic carbocycles. The first kappa shape index (κ1) is 14.0. The van der Waals surface area contributed by atoms with Crippen LogP contribution in [0.25, 0.3) is 0 Å². The van der Waals surface area contributed by atoms with E-state index in [0.29, 0.717) is 19.6 Å². The summed E-state index contributed by atoms with van der Waals surface area (Å²) in [6.07, 6.45) is 0.0596. The number of benzene rings is 2. The van der Waals surface area contributed by atoms with E-state index in [0.717, 1.165) is 22.6 Å². The number of hydrogen-bond donors (Lipinski definition) is 1. The van der Waals surface area contributed by atoms with Crippen LogP contribution in [-0.4, -0.2) is 18.3 Å². The van der Waals surface area contributed by atoms with E-state index >= 15 is 0 Å². The molecule has 0 spiro atoms. The predicted molar refractivity (Wildman–Crippen MR) is 82.0 cm³/mol. The lowest BCUT2D eigenvalue weighted by Gasteiger charge is -2.20. The molecule has 1 N–H and O–H groups in total. The number of ether oxygens (including phenoxy) is 2. The van der Waals surface area contributed by atoms with Crippen LogP contribution in [0.4, 0.5) is 0 Å². The van der Waals surface area contributed by atoms with Gasteiger partial charge in [0.05, 0.1) is 6.10 Å². The lowest BCUT2D eigenvalue weighted by atomic mass is 9.98. The molecule has 3 nitrogen and oxygen atoms in total. The van der Waals surface area contributed by atoms with Crippen LogP contribution >= 0.6 is 0 Å². The number of aryl methyl sites for hydroxylation is 2. The molecule has 0 amide bonds. The zero-order valence-corrected chi connectivity index (χ0v) is 12.4. The van der Waals surface area contributed by atoms with Gasteiger partial charge in [-0.2, -0.15) is 0 Å². The molecule has 1 aliphatic heterocycles. The molecule has 0 aromatic heterocycles. The minimum absolute atomic E-state index is 0.540. The van der Waals surface area contributed by atoms with Crippen LogP contribution in [0.15, 0.2) is 36.4 Å². The summed E-state index contributed by atoms with van der Waals surface area (Å²) in [6.45, 7) is 5.29. The van der Waals surface area contributed by atoms with E-state index in [2.05, 4.69) is 32.0 Å². The average molecular weight is 284 g/mol. The van der Waals surface area contributed by atoms with E-state index in [1.54, 1.807) is 0 Å². The molecule has 1 heterocycles. The van der Waals surface area contributed by atoms with Crippen molar-refractivity contribution in [1.82, 2.24) is 0 Å². The summed E-state index contributed by atoms with van der Waals surface area (Å²) < 4.78 is 11.1. The van der Waals surface area contributed by atoms with Gasteiger partial charge in [-0.3, -0.25) is 0 Å². The fourth-order valence-electron chi connectivity index (χ4n) is 2.80. The molecule has 21 heavy (non-hydrogen) atoms. The Kier molecular flexibility index (Phi) is 3.84. The van der Waals surface area contributed by atoms with Crippen LogP contribution in [0.3, 0.4) is 0 Å². The van der Waals surface area contributed by atoms with Gasteiger partial charge in [-0.1, -0.05) is 35.4 Å². The van der Waals surface area contributed by atoms with Crippen LogP contribution in [0.1, 0.15) is 28.4 Å². The van der Waals surface area contributed by atoms with E-state index in [4.69, 9.17) is 9.47 Å². The Morgan fingerprint density at radius 1 is 0.952 bits per heavy atom. The molecule has 110 valence electrons. The smallest absolute Gasteiger partial charge is 0.161 e. The molecule has 0 bridgehead atoms. The summed E-state index contributed by atoms with van der Waals surface area (Å²) in [5.74, 6) is 1.47. The van der Waals surface area contributed by atoms with Crippen molar-refractivity contribution in [1.29, 1.82) is 0 Å². The summed E-state index contributed by atoms with van der Waals surface area (Å²) in [5.41, 5.74) is 4.45. The maximum atomic E-state index is 10.5. The summed E-state index contributed by atoms with van der Waals surface area (Å²) in [7, 11) is 0. The Balaban J connectivity index is 1.80. The molecule has 0 saturated carbocycles. The van der Waals surface area contributed by atoms with Gasteiger partial charge in [0.15, 0.2) is 11.5 Å². The topological polar surface area (TPSA) is 38.7 Å². The summed E-state index contributed by atoms with van der Waals surface area (Å²) in [4.78, 5) is 0. The second kappa shape index (κ2) is 5.78. The Hall–Kier alpha value is -2.00. The highest BCUT2D eigenvalue weighted by Crippen LogP contribution is 2.33. The average Bonchev–Trinajstić information content (AvgIpc) is 2.45. The second-order valence-corrected chi connectivity index (χ2v) is 5.62. The molecule has 2 aromatic carbocycles. The maximum absolute atomic E-state index is 10.5. The molecule has 2 aromatic rings. The van der Waals surface area contributed by atoms with Crippen LogP contribution in [0.5, 0.6) is 11.5 Å². The van der Waals surface area contributed by atoms with Crippen molar-refractivity contribution in [2.45, 2.75) is 26.4 Å². The van der Waals surface area contributed by atoms with Crippen molar-refractivity contribution in [3.8, 4) is 11.5 Å². The van der Waals surface area contributed by atoms with Crippen LogP contribution in [-0.2, 0) is 6.42 Å². The predicted octanol–water partition coefficient (Wildman–Crippen LogP) is 3.35. The van der Waals surface area contributed by atoms with E-state index < -0.39 is 6.10 Å². The Bertz CT molecular complexity index is 629. The largest absolute Gasteiger partial charge is 0.486 e. The lowest BCUT2D eigenvalue weighted by molar-refractivity contribution is 0.164. The van der Waals surface area contributed by atoms with Gasteiger partial charge in [-0.05, 0) is 37.1 Å². The van der Waals surface area contributed by atoms with Gasteiger partial charge in [0, 0.05) is 6.42 Å². The van der Waals surface area contributed by atoms with E-state index in [1.807, 2.05) is 18.2 Å². The quantitative estimate of drug-likeness (QED) is 0.939. The maximum Gasteiger partial charge on any atom is 0.161 e. The molecule has 0 fully saturated rings. The fourth-order valence-corrected chi connectivity index (χ4v) is 2.80. The highest BCUT2D eigenvalue weighted by atomic mass is 16.6. The summed E-state index contributed by atoms with van der Waals surface area (Å²) in [6, 6.07) is 12.0. The van der Waals surface area contributed by atoms with Gasteiger partial charge in [0.2, 0.25) is 0 Å². The summed E-state index contributed by atoms with van der Waals surface area (Å²) in [5, 5.41) is 10.5. The zero-order chi connectivity index (χ0) is 14.8. The van der Waals surface area contributed by atoms with Crippen molar-refractivity contribution in [2.24, 2.45) is 0 Å². The van der Waals surface area contributed by atoms with Gasteiger partial charge in [-0.25, -0.2) is 0 Å². The number of aliphatic hydroxyl groups is 1. The normalized spacial score (nSPS) is 14.8. The number of rotatable bonds is 3. The molecule has 1 aliphatic rings. The van der Waals surface area contributed by atoms with Crippen molar-refractivity contribution in [3.05, 3.63) is 58.7 Å². The van der Waals surface area contributed by atoms with Gasteiger partial charge < -0.3 is 14.6 Å². The molecular weight excluding hydrogens is 264 g/mol. The van der Waals surface area contributed by atoms with Gasteiger partial charge in [-0.15, -0.1) is 0 Å². The molecule has 1 unspecified atom stereocenters. The highest BCUT2D eigenvalue weighted by molar-refractivity contribution is 5.44. The Labute approximate surface area is 125 Å². The number of fused-ring (bicyclic) bond motifs is 1. The molecule has 0 radical (unpaired) electrons. The standard InChI is InChI=1S/C18H20O3/c1-12-7-13(2)9-14(8-12)10-16(19)15-3-4-17-18(11-15)21-6-5-20-17/h3-4,7-9,11,16,19H,5-6,10H2,1-2H3. The van der Waals surface area contributed by atoms with Crippen molar-refractivity contribution >= 4 is 0 Å². The van der Waals surface area contributed by atoms with Crippen molar-refractivity contribution in [2.75, 3.05) is 13.2 Å². The molecular formula is C18H20O3. The lowest BCUT2D eigenvalue weighted by Crippen LogP contribution is -2.15.